The molecule has 12 aromatic rings. The molecule has 0 unspecified atom stereocenters. The fourth-order valence-corrected chi connectivity index (χ4v) is 10.6. The standard InChI is InChI=1S/C61H41N3/c1-61(2)54-35-42(26-29-48(54)49-30-27-43(36-55(49)61)41-28-31-58-53(34-41)50-22-10-11-25-57(50)64(58)45-18-4-3-5-19-45)39-15-12-14-38(32-39)40-16-13-17-44(33-40)56-37-62-59-51-23-8-6-20-46(51)47-21-7-9-24-52(47)60(59)63-56/h3-37H,1-2H3. The minimum absolute atomic E-state index is 0.172. The molecule has 3 nitrogen and oxygen atoms in total. The highest BCUT2D eigenvalue weighted by Crippen LogP contribution is 2.51. The number of hydrogen-bond donors (Lipinski definition) is 0. The van der Waals surface area contributed by atoms with Gasteiger partial charge in [-0.15, -0.1) is 0 Å². The molecule has 0 aliphatic heterocycles. The summed E-state index contributed by atoms with van der Waals surface area (Å²) in [5, 5.41) is 7.18. The molecule has 0 bridgehead atoms. The Hall–Kier alpha value is -8.14. The van der Waals surface area contributed by atoms with Gasteiger partial charge < -0.3 is 4.57 Å². The van der Waals surface area contributed by atoms with Crippen molar-refractivity contribution >= 4 is 54.4 Å². The van der Waals surface area contributed by atoms with E-state index < -0.39 is 0 Å². The zero-order valence-electron chi connectivity index (χ0n) is 35.5. The second-order valence-corrected chi connectivity index (χ2v) is 17.8. The first-order valence-electron chi connectivity index (χ1n) is 22.1. The number of nitrogens with zero attached hydrogens (tertiary/aromatic N) is 3. The van der Waals surface area contributed by atoms with Gasteiger partial charge in [-0.3, -0.25) is 4.98 Å². The van der Waals surface area contributed by atoms with E-state index in [-0.39, 0.29) is 5.41 Å². The van der Waals surface area contributed by atoms with Gasteiger partial charge in [-0.25, -0.2) is 4.98 Å². The molecule has 0 saturated carbocycles. The number of aromatic nitrogens is 3. The molecule has 0 fully saturated rings. The predicted octanol–water partition coefficient (Wildman–Crippen LogP) is 16.0. The van der Waals surface area contributed by atoms with Gasteiger partial charge in [0.1, 0.15) is 0 Å². The molecule has 13 rings (SSSR count). The van der Waals surface area contributed by atoms with Crippen molar-refractivity contribution < 1.29 is 0 Å². The van der Waals surface area contributed by atoms with Gasteiger partial charge in [0, 0.05) is 38.2 Å². The van der Waals surface area contributed by atoms with Crippen molar-refractivity contribution in [3.8, 4) is 61.5 Å². The van der Waals surface area contributed by atoms with Crippen LogP contribution in [0.25, 0.3) is 116 Å². The third kappa shape index (κ3) is 5.54. The van der Waals surface area contributed by atoms with Crippen LogP contribution in [0.15, 0.2) is 212 Å². The molecule has 1 aliphatic rings. The van der Waals surface area contributed by atoms with Crippen LogP contribution < -0.4 is 0 Å². The quantitative estimate of drug-likeness (QED) is 0.162. The van der Waals surface area contributed by atoms with Crippen LogP contribution >= 0.6 is 0 Å². The van der Waals surface area contributed by atoms with Gasteiger partial charge in [0.2, 0.25) is 0 Å². The van der Waals surface area contributed by atoms with Crippen LogP contribution in [-0.4, -0.2) is 14.5 Å². The molecule has 0 radical (unpaired) electrons. The first-order chi connectivity index (χ1) is 31.5. The Labute approximate surface area is 371 Å². The second-order valence-electron chi connectivity index (χ2n) is 17.8. The lowest BCUT2D eigenvalue weighted by molar-refractivity contribution is 0.661. The summed E-state index contributed by atoms with van der Waals surface area (Å²) in [6.45, 7) is 4.76. The predicted molar refractivity (Wildman–Crippen MR) is 268 cm³/mol. The third-order valence-electron chi connectivity index (χ3n) is 13.8. The molecule has 0 N–H and O–H groups in total. The molecule has 0 saturated heterocycles. The maximum absolute atomic E-state index is 5.28. The molecule has 0 atom stereocenters. The van der Waals surface area contributed by atoms with Gasteiger partial charge in [0.05, 0.1) is 34.0 Å². The summed E-state index contributed by atoms with van der Waals surface area (Å²) in [4.78, 5) is 10.3. The average Bonchev–Trinajstić information content (AvgIpc) is 3.81. The summed E-state index contributed by atoms with van der Waals surface area (Å²) in [5.74, 6) is 0. The molecule has 1 aliphatic carbocycles. The number of benzene rings is 10. The fourth-order valence-electron chi connectivity index (χ4n) is 10.6. The number of fused-ring (bicyclic) bond motifs is 12. The minimum atomic E-state index is -0.172. The summed E-state index contributed by atoms with van der Waals surface area (Å²) in [7, 11) is 0. The lowest BCUT2D eigenvalue weighted by Gasteiger charge is -2.23. The van der Waals surface area contributed by atoms with Crippen LogP contribution in [-0.2, 0) is 5.41 Å². The van der Waals surface area contributed by atoms with E-state index in [1.54, 1.807) is 0 Å². The monoisotopic (exact) mass is 815 g/mol. The molecule has 64 heavy (non-hydrogen) atoms. The smallest absolute Gasteiger partial charge is 0.0979 e. The van der Waals surface area contributed by atoms with Crippen LogP contribution in [0.5, 0.6) is 0 Å². The fraction of sp³-hybridized carbons (Fsp3) is 0.0492. The SMILES string of the molecule is CC1(C)c2cc(-c3cccc(-c4cccc(-c5cnc6c7ccccc7c7ccccc7c6n5)c4)c3)ccc2-c2ccc(-c3ccc4c(c3)c3ccccc3n4-c3ccccc3)cc21. The van der Waals surface area contributed by atoms with Crippen LogP contribution in [0.3, 0.4) is 0 Å². The van der Waals surface area contributed by atoms with Crippen molar-refractivity contribution in [3.05, 3.63) is 224 Å². The van der Waals surface area contributed by atoms with Crippen molar-refractivity contribution in [3.63, 3.8) is 0 Å². The molecule has 3 heteroatoms. The zero-order valence-corrected chi connectivity index (χ0v) is 35.5. The summed E-state index contributed by atoms with van der Waals surface area (Å²) < 4.78 is 2.38. The summed E-state index contributed by atoms with van der Waals surface area (Å²) in [5.41, 5.74) is 19.8. The van der Waals surface area contributed by atoms with Crippen molar-refractivity contribution in [2.24, 2.45) is 0 Å². The van der Waals surface area contributed by atoms with E-state index in [1.165, 1.54) is 88.3 Å². The Morgan fingerprint density at radius 3 is 1.50 bits per heavy atom. The van der Waals surface area contributed by atoms with Gasteiger partial charge in [0.25, 0.3) is 0 Å². The third-order valence-corrected chi connectivity index (χ3v) is 13.8. The van der Waals surface area contributed by atoms with E-state index >= 15 is 0 Å². The van der Waals surface area contributed by atoms with Gasteiger partial charge in [-0.2, -0.15) is 0 Å². The Kier molecular flexibility index (Phi) is 7.95. The van der Waals surface area contributed by atoms with Crippen molar-refractivity contribution in [2.75, 3.05) is 0 Å². The topological polar surface area (TPSA) is 30.7 Å². The Bertz CT molecular complexity index is 3840. The van der Waals surface area contributed by atoms with Crippen LogP contribution in [0.2, 0.25) is 0 Å². The maximum Gasteiger partial charge on any atom is 0.0979 e. The summed E-state index contributed by atoms with van der Waals surface area (Å²) in [6, 6.07) is 75.2. The lowest BCUT2D eigenvalue weighted by Crippen LogP contribution is -2.15. The van der Waals surface area contributed by atoms with E-state index in [9.17, 15) is 0 Å². The summed E-state index contributed by atoms with van der Waals surface area (Å²) >= 11 is 0. The molecule has 0 amide bonds. The highest BCUT2D eigenvalue weighted by atomic mass is 15.0. The van der Waals surface area contributed by atoms with E-state index in [0.29, 0.717) is 0 Å². The number of hydrogen-bond acceptors (Lipinski definition) is 2. The van der Waals surface area contributed by atoms with Crippen molar-refractivity contribution in [1.29, 1.82) is 0 Å². The largest absolute Gasteiger partial charge is 0.309 e. The van der Waals surface area contributed by atoms with E-state index in [2.05, 4.69) is 225 Å². The van der Waals surface area contributed by atoms with Crippen LogP contribution in [0, 0.1) is 0 Å². The molecule has 0 spiro atoms. The van der Waals surface area contributed by atoms with Gasteiger partial charge in [0.15, 0.2) is 0 Å². The molecular weight excluding hydrogens is 775 g/mol. The van der Waals surface area contributed by atoms with Gasteiger partial charge in [-0.05, 0) is 121 Å². The first-order valence-corrected chi connectivity index (χ1v) is 22.1. The lowest BCUT2D eigenvalue weighted by atomic mass is 9.80. The Balaban J connectivity index is 0.832. The molecule has 300 valence electrons. The first kappa shape index (κ1) is 36.5. The highest BCUT2D eigenvalue weighted by molar-refractivity contribution is 6.23. The van der Waals surface area contributed by atoms with E-state index in [4.69, 9.17) is 9.97 Å². The normalized spacial score (nSPS) is 13.0. The van der Waals surface area contributed by atoms with Crippen LogP contribution in [0.1, 0.15) is 25.0 Å². The Morgan fingerprint density at radius 1 is 0.359 bits per heavy atom. The summed E-state index contributed by atoms with van der Waals surface area (Å²) in [6.07, 6.45) is 1.93. The van der Waals surface area contributed by atoms with Crippen molar-refractivity contribution in [2.45, 2.75) is 19.3 Å². The number of rotatable bonds is 5. The number of para-hydroxylation sites is 2. The minimum Gasteiger partial charge on any atom is -0.309 e. The van der Waals surface area contributed by atoms with E-state index in [0.717, 1.165) is 38.6 Å². The second kappa shape index (κ2) is 13.9. The van der Waals surface area contributed by atoms with Crippen molar-refractivity contribution in [1.82, 2.24) is 14.5 Å². The molecule has 2 aromatic heterocycles. The Morgan fingerprint density at radius 2 is 0.844 bits per heavy atom. The van der Waals surface area contributed by atoms with Crippen LogP contribution in [0.4, 0.5) is 0 Å². The van der Waals surface area contributed by atoms with E-state index in [1.807, 2.05) is 6.20 Å². The van der Waals surface area contributed by atoms with Gasteiger partial charge in [-0.1, -0.05) is 166 Å². The van der Waals surface area contributed by atoms with Gasteiger partial charge >= 0.3 is 0 Å². The maximum atomic E-state index is 5.28. The molecular formula is C61H41N3. The zero-order chi connectivity index (χ0) is 42.5. The highest BCUT2D eigenvalue weighted by Gasteiger charge is 2.36. The molecule has 10 aromatic carbocycles. The molecule has 2 heterocycles. The average molecular weight is 816 g/mol.